The fraction of sp³-hybridized carbons (Fsp3) is 0.188. The van der Waals surface area contributed by atoms with E-state index in [2.05, 4.69) is 10.3 Å². The summed E-state index contributed by atoms with van der Waals surface area (Å²) in [5.41, 5.74) is 2.43. The minimum absolute atomic E-state index is 0.333. The molecule has 6 heteroatoms. The van der Waals surface area contributed by atoms with Crippen LogP contribution in [0.2, 0.25) is 0 Å². The van der Waals surface area contributed by atoms with Gasteiger partial charge in [-0.15, -0.1) is 5.10 Å². The van der Waals surface area contributed by atoms with Crippen LogP contribution in [0.15, 0.2) is 53.3 Å². The first-order valence-corrected chi connectivity index (χ1v) is 6.84. The number of aromatic nitrogens is 3. The fourth-order valence-electron chi connectivity index (χ4n) is 2.20. The highest BCUT2D eigenvalue weighted by atomic mass is 16.5. The zero-order valence-electron chi connectivity index (χ0n) is 12.1. The van der Waals surface area contributed by atoms with Gasteiger partial charge >= 0.3 is 5.97 Å². The van der Waals surface area contributed by atoms with E-state index >= 15 is 0 Å². The third-order valence-electron chi connectivity index (χ3n) is 3.27. The minimum Gasteiger partial charge on any atom is -0.466 e. The molecule has 0 aliphatic heterocycles. The Morgan fingerprint density at radius 1 is 1.27 bits per heavy atom. The molecule has 0 fully saturated rings. The third-order valence-corrected chi connectivity index (χ3v) is 3.27. The zero-order valence-corrected chi connectivity index (χ0v) is 12.1. The Labute approximate surface area is 127 Å². The summed E-state index contributed by atoms with van der Waals surface area (Å²) < 4.78 is 11.7. The molecule has 0 aliphatic carbocycles. The van der Waals surface area contributed by atoms with Crippen LogP contribution in [0.3, 0.4) is 0 Å². The Morgan fingerprint density at radius 3 is 2.86 bits per heavy atom. The second kappa shape index (κ2) is 6.26. The summed E-state index contributed by atoms with van der Waals surface area (Å²) in [6.45, 7) is 0.333. The lowest BCUT2D eigenvalue weighted by Crippen LogP contribution is -2.07. The van der Waals surface area contributed by atoms with Gasteiger partial charge in [0.1, 0.15) is 17.9 Å². The van der Waals surface area contributed by atoms with Crippen molar-refractivity contribution in [2.45, 2.75) is 13.0 Å². The molecule has 0 aliphatic rings. The Morgan fingerprint density at radius 2 is 2.09 bits per heavy atom. The zero-order chi connectivity index (χ0) is 15.4. The highest BCUT2D eigenvalue weighted by molar-refractivity contribution is 5.90. The monoisotopic (exact) mass is 297 g/mol. The molecule has 0 saturated carbocycles. The first kappa shape index (κ1) is 14.1. The van der Waals surface area contributed by atoms with Gasteiger partial charge in [-0.25, -0.2) is 9.48 Å². The molecule has 0 atom stereocenters. The number of rotatable bonds is 5. The molecule has 112 valence electrons. The first-order chi connectivity index (χ1) is 10.8. The van der Waals surface area contributed by atoms with Crippen molar-refractivity contribution in [1.29, 1.82) is 0 Å². The average molecular weight is 297 g/mol. The predicted molar refractivity (Wildman–Crippen MR) is 78.4 cm³/mol. The molecule has 6 nitrogen and oxygen atoms in total. The van der Waals surface area contributed by atoms with Crippen LogP contribution in [-0.4, -0.2) is 28.1 Å². The lowest BCUT2D eigenvalue weighted by atomic mass is 10.1. The van der Waals surface area contributed by atoms with Crippen LogP contribution in [-0.2, 0) is 17.7 Å². The van der Waals surface area contributed by atoms with Gasteiger partial charge in [-0.05, 0) is 11.6 Å². The topological polar surface area (TPSA) is 70.2 Å². The highest BCUT2D eigenvalue weighted by Crippen LogP contribution is 2.14. The van der Waals surface area contributed by atoms with Crippen molar-refractivity contribution in [3.05, 3.63) is 71.4 Å². The molecule has 0 amide bonds. The number of nitrogens with zero attached hydrogens (tertiary/aromatic N) is 3. The van der Waals surface area contributed by atoms with Crippen LogP contribution in [0.5, 0.6) is 0 Å². The molecule has 0 saturated heterocycles. The minimum atomic E-state index is -0.423. The Bertz CT molecular complexity index is 762. The summed E-state index contributed by atoms with van der Waals surface area (Å²) in [6.07, 6.45) is 4.02. The molecule has 0 bridgehead atoms. The number of furan rings is 1. The molecule has 0 N–H and O–H groups in total. The van der Waals surface area contributed by atoms with Crippen molar-refractivity contribution in [3.63, 3.8) is 0 Å². The SMILES string of the molecule is COC(=O)c1ccoc1Cn1cc(Cc2ccccc2)nn1. The number of carbonyl (C=O) groups is 1. The number of benzene rings is 1. The van der Waals surface area contributed by atoms with Crippen LogP contribution in [0.1, 0.15) is 27.4 Å². The van der Waals surface area contributed by atoms with Gasteiger partial charge in [-0.3, -0.25) is 0 Å². The predicted octanol–water partition coefficient (Wildman–Crippen LogP) is 2.30. The van der Waals surface area contributed by atoms with E-state index in [0.29, 0.717) is 24.3 Å². The largest absolute Gasteiger partial charge is 0.466 e. The molecule has 0 unspecified atom stereocenters. The van der Waals surface area contributed by atoms with E-state index in [1.54, 1.807) is 10.7 Å². The Hall–Kier alpha value is -2.89. The van der Waals surface area contributed by atoms with Gasteiger partial charge in [0.15, 0.2) is 0 Å². The van der Waals surface area contributed by atoms with Gasteiger partial charge in [0.25, 0.3) is 0 Å². The van der Waals surface area contributed by atoms with Crippen molar-refractivity contribution in [2.24, 2.45) is 0 Å². The summed E-state index contributed by atoms with van der Waals surface area (Å²) in [5.74, 6) is 0.0800. The molecular formula is C16H15N3O3. The summed E-state index contributed by atoms with van der Waals surface area (Å²) in [7, 11) is 1.34. The molecule has 0 spiro atoms. The molecular weight excluding hydrogens is 282 g/mol. The Balaban J connectivity index is 1.72. The number of carbonyl (C=O) groups excluding carboxylic acids is 1. The molecule has 2 aromatic heterocycles. The Kier molecular flexibility index (Phi) is 4.00. The number of hydrogen-bond donors (Lipinski definition) is 0. The molecule has 0 radical (unpaired) electrons. The van der Waals surface area contributed by atoms with Crippen LogP contribution < -0.4 is 0 Å². The second-order valence-electron chi connectivity index (χ2n) is 4.82. The van der Waals surface area contributed by atoms with E-state index in [1.165, 1.54) is 18.9 Å². The van der Waals surface area contributed by atoms with E-state index in [0.717, 1.165) is 5.69 Å². The smallest absolute Gasteiger partial charge is 0.341 e. The lowest BCUT2D eigenvalue weighted by Gasteiger charge is -2.00. The molecule has 22 heavy (non-hydrogen) atoms. The fourth-order valence-corrected chi connectivity index (χ4v) is 2.20. The number of methoxy groups -OCH3 is 1. The van der Waals surface area contributed by atoms with Gasteiger partial charge < -0.3 is 9.15 Å². The third kappa shape index (κ3) is 3.06. The maximum absolute atomic E-state index is 11.6. The van der Waals surface area contributed by atoms with Crippen molar-refractivity contribution in [2.75, 3.05) is 7.11 Å². The van der Waals surface area contributed by atoms with E-state index in [4.69, 9.17) is 9.15 Å². The van der Waals surface area contributed by atoms with Gasteiger partial charge in [0, 0.05) is 12.6 Å². The van der Waals surface area contributed by atoms with Crippen LogP contribution in [0.4, 0.5) is 0 Å². The van der Waals surface area contributed by atoms with E-state index in [1.807, 2.05) is 36.5 Å². The van der Waals surface area contributed by atoms with Crippen LogP contribution in [0.25, 0.3) is 0 Å². The van der Waals surface area contributed by atoms with Crippen molar-refractivity contribution in [3.8, 4) is 0 Å². The van der Waals surface area contributed by atoms with Gasteiger partial charge in [0.2, 0.25) is 0 Å². The maximum Gasteiger partial charge on any atom is 0.341 e. The van der Waals surface area contributed by atoms with Crippen molar-refractivity contribution in [1.82, 2.24) is 15.0 Å². The lowest BCUT2D eigenvalue weighted by molar-refractivity contribution is 0.0598. The first-order valence-electron chi connectivity index (χ1n) is 6.84. The highest BCUT2D eigenvalue weighted by Gasteiger charge is 2.16. The number of hydrogen-bond acceptors (Lipinski definition) is 5. The van der Waals surface area contributed by atoms with Crippen molar-refractivity contribution >= 4 is 5.97 Å². The number of esters is 1. The summed E-state index contributed by atoms with van der Waals surface area (Å²) in [6, 6.07) is 11.6. The normalized spacial score (nSPS) is 10.6. The van der Waals surface area contributed by atoms with E-state index in [9.17, 15) is 4.79 Å². The summed E-state index contributed by atoms with van der Waals surface area (Å²) in [4.78, 5) is 11.6. The summed E-state index contributed by atoms with van der Waals surface area (Å²) >= 11 is 0. The molecule has 3 rings (SSSR count). The molecule has 1 aromatic carbocycles. The van der Waals surface area contributed by atoms with E-state index in [-0.39, 0.29) is 0 Å². The van der Waals surface area contributed by atoms with E-state index < -0.39 is 5.97 Å². The quantitative estimate of drug-likeness (QED) is 0.676. The van der Waals surface area contributed by atoms with Crippen LogP contribution in [0, 0.1) is 0 Å². The standard InChI is InChI=1S/C16H15N3O3/c1-21-16(20)14-7-8-22-15(14)11-19-10-13(17-18-19)9-12-5-3-2-4-6-12/h2-8,10H,9,11H2,1H3. The second-order valence-corrected chi connectivity index (χ2v) is 4.82. The van der Waals surface area contributed by atoms with Gasteiger partial charge in [0.05, 0.1) is 19.1 Å². The maximum atomic E-state index is 11.6. The van der Waals surface area contributed by atoms with Crippen molar-refractivity contribution < 1.29 is 13.9 Å². The summed E-state index contributed by atoms with van der Waals surface area (Å²) in [5, 5.41) is 8.21. The van der Waals surface area contributed by atoms with Gasteiger partial charge in [-0.1, -0.05) is 35.5 Å². The average Bonchev–Trinajstić information content (AvgIpc) is 3.18. The molecule has 2 heterocycles. The van der Waals surface area contributed by atoms with Gasteiger partial charge in [-0.2, -0.15) is 0 Å². The van der Waals surface area contributed by atoms with Crippen LogP contribution >= 0.6 is 0 Å². The molecule has 3 aromatic rings. The number of ether oxygens (including phenoxy) is 1.